The molecule has 0 saturated heterocycles. The Morgan fingerprint density at radius 1 is 1.52 bits per heavy atom. The van der Waals surface area contributed by atoms with Crippen LogP contribution in [-0.4, -0.2) is 39.8 Å². The Balaban J connectivity index is 1.83. The fourth-order valence-electron chi connectivity index (χ4n) is 1.56. The van der Waals surface area contributed by atoms with Crippen LogP contribution < -0.4 is 10.2 Å². The summed E-state index contributed by atoms with van der Waals surface area (Å²) in [5.41, 5.74) is 3.14. The molecule has 0 fully saturated rings. The number of hydrogen-bond acceptors (Lipinski definition) is 8. The quantitative estimate of drug-likeness (QED) is 0.450. The van der Waals surface area contributed by atoms with E-state index in [0.29, 0.717) is 17.9 Å². The van der Waals surface area contributed by atoms with E-state index in [0.717, 1.165) is 9.35 Å². The normalized spacial score (nSPS) is 10.9. The van der Waals surface area contributed by atoms with Gasteiger partial charge in [0.15, 0.2) is 15.8 Å². The van der Waals surface area contributed by atoms with E-state index in [9.17, 15) is 9.90 Å². The number of benzene rings is 1. The molecule has 0 aliphatic carbocycles. The lowest BCUT2D eigenvalue weighted by Crippen LogP contribution is -2.19. The summed E-state index contributed by atoms with van der Waals surface area (Å²) >= 11 is 2.76. The Hall–Kier alpha value is -2.13. The molecule has 1 heterocycles. The third-order valence-electron chi connectivity index (χ3n) is 2.52. The molecule has 0 unspecified atom stereocenters. The number of thioether (sulfide) groups is 1. The van der Waals surface area contributed by atoms with Crippen LogP contribution in [0.1, 0.15) is 17.5 Å². The molecular formula is C14H16N4O3S2. The molecule has 2 rings (SSSR count). The van der Waals surface area contributed by atoms with Crippen LogP contribution in [-0.2, 0) is 4.79 Å². The summed E-state index contributed by atoms with van der Waals surface area (Å²) in [7, 11) is 0. The number of hydrazone groups is 1. The molecule has 122 valence electrons. The Morgan fingerprint density at radius 3 is 3.04 bits per heavy atom. The highest BCUT2D eigenvalue weighted by atomic mass is 32.2. The van der Waals surface area contributed by atoms with E-state index < -0.39 is 0 Å². The maximum absolute atomic E-state index is 11.7. The van der Waals surface area contributed by atoms with Crippen molar-refractivity contribution in [2.75, 3.05) is 12.4 Å². The number of phenolic OH excluding ortho intramolecular Hbond substituents is 1. The van der Waals surface area contributed by atoms with Gasteiger partial charge in [-0.15, -0.1) is 10.2 Å². The molecule has 2 aromatic rings. The Labute approximate surface area is 141 Å². The van der Waals surface area contributed by atoms with E-state index in [1.165, 1.54) is 35.4 Å². The summed E-state index contributed by atoms with van der Waals surface area (Å²) < 4.78 is 6.03. The number of aromatic hydroxyl groups is 1. The number of ether oxygens (including phenoxy) is 1. The number of aryl methyl sites for hydroxylation is 1. The number of amides is 1. The van der Waals surface area contributed by atoms with Gasteiger partial charge in [-0.05, 0) is 37.6 Å². The Kier molecular flexibility index (Phi) is 6.36. The molecule has 2 N–H and O–H groups in total. The zero-order chi connectivity index (χ0) is 16.7. The molecule has 0 aliphatic heterocycles. The van der Waals surface area contributed by atoms with Crippen LogP contribution >= 0.6 is 23.1 Å². The fourth-order valence-corrected chi connectivity index (χ4v) is 3.17. The molecule has 0 spiro atoms. The lowest BCUT2D eigenvalue weighted by Gasteiger charge is -2.05. The van der Waals surface area contributed by atoms with Crippen LogP contribution in [0.15, 0.2) is 27.6 Å². The predicted octanol–water partition coefficient (Wildman–Crippen LogP) is 2.19. The van der Waals surface area contributed by atoms with Gasteiger partial charge in [-0.25, -0.2) is 5.43 Å². The van der Waals surface area contributed by atoms with Crippen molar-refractivity contribution in [3.05, 3.63) is 28.8 Å². The van der Waals surface area contributed by atoms with Gasteiger partial charge in [-0.2, -0.15) is 5.10 Å². The van der Waals surface area contributed by atoms with Crippen molar-refractivity contribution in [2.45, 2.75) is 18.2 Å². The van der Waals surface area contributed by atoms with Gasteiger partial charge >= 0.3 is 0 Å². The predicted molar refractivity (Wildman–Crippen MR) is 90.4 cm³/mol. The second-order valence-electron chi connectivity index (χ2n) is 4.33. The minimum Gasteiger partial charge on any atom is -0.504 e. The highest BCUT2D eigenvalue weighted by molar-refractivity contribution is 8.01. The Bertz CT molecular complexity index is 703. The van der Waals surface area contributed by atoms with Gasteiger partial charge in [0.1, 0.15) is 5.01 Å². The lowest BCUT2D eigenvalue weighted by atomic mass is 10.2. The first kappa shape index (κ1) is 17.2. The SMILES string of the molecule is CCOc1cc(C=NNC(=O)CSc2nnc(C)s2)ccc1O. The van der Waals surface area contributed by atoms with E-state index in [1.54, 1.807) is 12.1 Å². The van der Waals surface area contributed by atoms with Gasteiger partial charge in [-0.3, -0.25) is 4.79 Å². The van der Waals surface area contributed by atoms with Crippen molar-refractivity contribution in [2.24, 2.45) is 5.10 Å². The minimum atomic E-state index is -0.233. The summed E-state index contributed by atoms with van der Waals surface area (Å²) in [4.78, 5) is 11.7. The van der Waals surface area contributed by atoms with Crippen molar-refractivity contribution in [3.8, 4) is 11.5 Å². The smallest absolute Gasteiger partial charge is 0.250 e. The maximum Gasteiger partial charge on any atom is 0.250 e. The number of rotatable bonds is 7. The van der Waals surface area contributed by atoms with Gasteiger partial charge in [0.25, 0.3) is 5.91 Å². The lowest BCUT2D eigenvalue weighted by molar-refractivity contribution is -0.118. The average Bonchev–Trinajstić information content (AvgIpc) is 2.94. The van der Waals surface area contributed by atoms with Crippen LogP contribution in [0.25, 0.3) is 0 Å². The molecule has 0 saturated carbocycles. The molecular weight excluding hydrogens is 336 g/mol. The second-order valence-corrected chi connectivity index (χ2v) is 6.73. The first-order valence-electron chi connectivity index (χ1n) is 6.79. The summed E-state index contributed by atoms with van der Waals surface area (Å²) in [6, 6.07) is 4.83. The highest BCUT2D eigenvalue weighted by Crippen LogP contribution is 2.26. The second kappa shape index (κ2) is 8.49. The number of nitrogens with zero attached hydrogens (tertiary/aromatic N) is 3. The monoisotopic (exact) mass is 352 g/mol. The topological polar surface area (TPSA) is 96.7 Å². The summed E-state index contributed by atoms with van der Waals surface area (Å²) in [6.45, 7) is 4.14. The van der Waals surface area contributed by atoms with Crippen molar-refractivity contribution in [1.82, 2.24) is 15.6 Å². The molecule has 9 heteroatoms. The fraction of sp³-hybridized carbons (Fsp3) is 0.286. The number of phenols is 1. The zero-order valence-corrected chi connectivity index (χ0v) is 14.3. The van der Waals surface area contributed by atoms with Gasteiger partial charge in [-0.1, -0.05) is 23.1 Å². The molecule has 23 heavy (non-hydrogen) atoms. The summed E-state index contributed by atoms with van der Waals surface area (Å²) in [5.74, 6) is 0.427. The van der Waals surface area contributed by atoms with Crippen LogP contribution in [0.3, 0.4) is 0 Å². The van der Waals surface area contributed by atoms with Crippen molar-refractivity contribution in [3.63, 3.8) is 0 Å². The van der Waals surface area contributed by atoms with E-state index in [-0.39, 0.29) is 17.4 Å². The first-order valence-corrected chi connectivity index (χ1v) is 8.59. The van der Waals surface area contributed by atoms with Crippen molar-refractivity contribution >= 4 is 35.2 Å². The zero-order valence-electron chi connectivity index (χ0n) is 12.6. The van der Waals surface area contributed by atoms with Crippen molar-refractivity contribution in [1.29, 1.82) is 0 Å². The van der Waals surface area contributed by atoms with Crippen LogP contribution in [0.4, 0.5) is 0 Å². The van der Waals surface area contributed by atoms with Gasteiger partial charge in [0.05, 0.1) is 18.6 Å². The number of hydrogen-bond donors (Lipinski definition) is 2. The third-order valence-corrected chi connectivity index (χ3v) is 4.49. The molecule has 0 atom stereocenters. The maximum atomic E-state index is 11.7. The van der Waals surface area contributed by atoms with Gasteiger partial charge in [0.2, 0.25) is 0 Å². The molecule has 0 bridgehead atoms. The molecule has 1 aromatic heterocycles. The Morgan fingerprint density at radius 2 is 2.35 bits per heavy atom. The van der Waals surface area contributed by atoms with Crippen LogP contribution in [0, 0.1) is 6.92 Å². The first-order chi connectivity index (χ1) is 11.1. The number of carbonyl (C=O) groups excluding carboxylic acids is 1. The van der Waals surface area contributed by atoms with Gasteiger partial charge < -0.3 is 9.84 Å². The van der Waals surface area contributed by atoms with E-state index >= 15 is 0 Å². The van der Waals surface area contributed by atoms with Crippen LogP contribution in [0.2, 0.25) is 0 Å². The number of nitrogens with one attached hydrogen (secondary N) is 1. The standard InChI is InChI=1S/C14H16N4O3S2/c1-3-21-12-6-10(4-5-11(12)19)7-15-17-13(20)8-22-14-18-16-9(2)23-14/h4-7,19H,3,8H2,1-2H3,(H,17,20). The van der Waals surface area contributed by atoms with Gasteiger partial charge in [0, 0.05) is 0 Å². The molecule has 7 nitrogen and oxygen atoms in total. The summed E-state index contributed by atoms with van der Waals surface area (Å²) in [5, 5.41) is 22.2. The minimum absolute atomic E-state index is 0.0665. The highest BCUT2D eigenvalue weighted by Gasteiger charge is 2.06. The molecule has 0 aliphatic rings. The van der Waals surface area contributed by atoms with E-state index in [1.807, 2.05) is 13.8 Å². The number of carbonyl (C=O) groups is 1. The molecule has 0 radical (unpaired) electrons. The molecule has 1 amide bonds. The number of aromatic nitrogens is 2. The van der Waals surface area contributed by atoms with E-state index in [4.69, 9.17) is 4.74 Å². The molecule has 1 aromatic carbocycles. The average molecular weight is 352 g/mol. The van der Waals surface area contributed by atoms with E-state index in [2.05, 4.69) is 20.7 Å². The van der Waals surface area contributed by atoms with Crippen molar-refractivity contribution < 1.29 is 14.6 Å². The largest absolute Gasteiger partial charge is 0.504 e. The third kappa shape index (κ3) is 5.53. The summed E-state index contributed by atoms with van der Waals surface area (Å²) in [6.07, 6.45) is 1.49. The van der Waals surface area contributed by atoms with Crippen LogP contribution in [0.5, 0.6) is 11.5 Å².